The van der Waals surface area contributed by atoms with E-state index < -0.39 is 31.2 Å². The van der Waals surface area contributed by atoms with Gasteiger partial charge in [-0.05, 0) is 37.1 Å². The van der Waals surface area contributed by atoms with Crippen LogP contribution in [0.4, 0.5) is 0 Å². The van der Waals surface area contributed by atoms with Gasteiger partial charge in [0.05, 0.1) is 0 Å². The Morgan fingerprint density at radius 1 is 0.514 bits per heavy atom. The van der Waals surface area contributed by atoms with E-state index in [0.29, 0.717) is 11.1 Å². The Morgan fingerprint density at radius 3 is 1.16 bits per heavy atom. The molecule has 0 aliphatic carbocycles. The second kappa shape index (κ2) is 11.1. The van der Waals surface area contributed by atoms with Gasteiger partial charge in [-0.2, -0.15) is 0 Å². The first-order valence-corrected chi connectivity index (χ1v) is 13.3. The normalized spacial score (nSPS) is 12.3. The van der Waals surface area contributed by atoms with Crippen molar-refractivity contribution in [3.05, 3.63) is 152 Å². The third-order valence-electron chi connectivity index (χ3n) is 5.85. The van der Waals surface area contributed by atoms with E-state index in [2.05, 4.69) is 0 Å². The Labute approximate surface area is 217 Å². The summed E-state index contributed by atoms with van der Waals surface area (Å²) in [6, 6.07) is 30.8. The Bertz CT molecular complexity index is 1460. The van der Waals surface area contributed by atoms with Crippen LogP contribution in [0.2, 0.25) is 0 Å². The Balaban J connectivity index is 1.93. The lowest BCUT2D eigenvalue weighted by Gasteiger charge is -2.13. The fraction of sp³-hybridized carbons (Fsp3) is 0.0625. The molecule has 5 heteroatoms. The van der Waals surface area contributed by atoms with Crippen molar-refractivity contribution in [2.45, 2.75) is 13.8 Å². The lowest BCUT2D eigenvalue weighted by molar-refractivity contribution is 0.103. The lowest BCUT2D eigenvalue weighted by Crippen LogP contribution is -2.21. The van der Waals surface area contributed by atoms with Crippen molar-refractivity contribution in [2.75, 3.05) is 0 Å². The molecule has 4 nitrogen and oxygen atoms in total. The van der Waals surface area contributed by atoms with Crippen LogP contribution in [-0.4, -0.2) is 20.0 Å². The molecule has 0 bridgehead atoms. The van der Waals surface area contributed by atoms with Gasteiger partial charge in [-0.15, -0.1) is 0 Å². The van der Waals surface area contributed by atoms with Crippen LogP contribution >= 0.6 is 0 Å². The fourth-order valence-electron chi connectivity index (χ4n) is 3.74. The van der Waals surface area contributed by atoms with Gasteiger partial charge in [0.25, 0.3) is 0 Å². The van der Waals surface area contributed by atoms with Crippen molar-refractivity contribution in [3.8, 4) is 0 Å². The number of ketones is 2. The zero-order chi connectivity index (χ0) is 26.4. The van der Waals surface area contributed by atoms with E-state index in [4.69, 9.17) is 0 Å². The number of hydrogen-bond donors (Lipinski definition) is 0. The molecule has 4 aromatic carbocycles. The molecule has 0 aliphatic heterocycles. The lowest BCUT2D eigenvalue weighted by atomic mass is 10.1. The van der Waals surface area contributed by atoms with Crippen molar-refractivity contribution in [1.82, 2.24) is 0 Å². The summed E-state index contributed by atoms with van der Waals surface area (Å²) in [6.07, 6.45) is 2.66. The maximum Gasteiger partial charge on any atom is 0.214 e. The molecule has 0 amide bonds. The van der Waals surface area contributed by atoms with Gasteiger partial charge in [0, 0.05) is 11.1 Å². The van der Waals surface area contributed by atoms with Crippen LogP contribution in [0.1, 0.15) is 43.0 Å². The van der Waals surface area contributed by atoms with Gasteiger partial charge < -0.3 is 0 Å². The van der Waals surface area contributed by atoms with Crippen molar-refractivity contribution >= 4 is 33.6 Å². The molecule has 4 aromatic rings. The van der Waals surface area contributed by atoms with E-state index in [1.54, 1.807) is 109 Å². The van der Waals surface area contributed by atoms with Gasteiger partial charge in [0.1, 0.15) is 9.81 Å². The molecule has 0 unspecified atom stereocenters. The number of allylic oxidation sites excluding steroid dienone is 2. The minimum atomic E-state index is -4.55. The number of Topliss-reactive ketones (excluding diaryl/α,β-unsaturated/α-hetero) is 2. The molecule has 0 atom stereocenters. The smallest absolute Gasteiger partial charge is 0.214 e. The fourth-order valence-corrected chi connectivity index (χ4v) is 5.29. The molecule has 0 saturated heterocycles. The van der Waals surface area contributed by atoms with E-state index in [-0.39, 0.29) is 11.1 Å². The Hall–Kier alpha value is -4.35. The number of hydrogen-bond acceptors (Lipinski definition) is 4. The average molecular weight is 507 g/mol. The summed E-state index contributed by atoms with van der Waals surface area (Å²) < 4.78 is 28.4. The largest absolute Gasteiger partial charge is 0.288 e. The van der Waals surface area contributed by atoms with Gasteiger partial charge in [0.2, 0.25) is 21.4 Å². The van der Waals surface area contributed by atoms with Crippen LogP contribution in [0.15, 0.2) is 119 Å². The molecular weight excluding hydrogens is 480 g/mol. The Kier molecular flexibility index (Phi) is 7.75. The SMILES string of the molecule is Cc1ccc(C(=O)/C(=C\c2ccccc2)S(=O)(=O)/C(=C/c2ccccc2)C(=O)c2ccc(C)cc2)cc1. The topological polar surface area (TPSA) is 68.3 Å². The van der Waals surface area contributed by atoms with Crippen LogP contribution in [0, 0.1) is 13.8 Å². The molecule has 0 radical (unpaired) electrons. The number of benzene rings is 4. The van der Waals surface area contributed by atoms with Crippen molar-refractivity contribution in [3.63, 3.8) is 0 Å². The molecule has 0 fully saturated rings. The van der Waals surface area contributed by atoms with Gasteiger partial charge in [-0.1, -0.05) is 120 Å². The van der Waals surface area contributed by atoms with E-state index >= 15 is 0 Å². The number of carbonyl (C=O) groups is 2. The predicted molar refractivity (Wildman–Crippen MR) is 149 cm³/mol. The molecule has 4 rings (SSSR count). The zero-order valence-corrected chi connectivity index (χ0v) is 21.4. The first-order valence-electron chi connectivity index (χ1n) is 11.8. The maximum absolute atomic E-state index is 14.2. The summed E-state index contributed by atoms with van der Waals surface area (Å²) >= 11 is 0. The summed E-state index contributed by atoms with van der Waals surface area (Å²) in [6.45, 7) is 3.76. The van der Waals surface area contributed by atoms with E-state index in [1.165, 1.54) is 12.2 Å². The number of sulfone groups is 1. The van der Waals surface area contributed by atoms with Gasteiger partial charge >= 0.3 is 0 Å². The predicted octanol–water partition coefficient (Wildman–Crippen LogP) is 6.87. The van der Waals surface area contributed by atoms with Crippen molar-refractivity contribution in [1.29, 1.82) is 0 Å². The molecule has 0 saturated carbocycles. The molecule has 0 N–H and O–H groups in total. The van der Waals surface area contributed by atoms with Crippen LogP contribution in [-0.2, 0) is 9.84 Å². The summed E-state index contributed by atoms with van der Waals surface area (Å²) in [5, 5.41) is 0. The van der Waals surface area contributed by atoms with Crippen molar-refractivity contribution < 1.29 is 18.0 Å². The van der Waals surface area contributed by atoms with Crippen LogP contribution in [0.3, 0.4) is 0 Å². The molecule has 184 valence electrons. The highest BCUT2D eigenvalue weighted by molar-refractivity contribution is 8.01. The minimum Gasteiger partial charge on any atom is -0.288 e. The van der Waals surface area contributed by atoms with Crippen LogP contribution in [0.5, 0.6) is 0 Å². The summed E-state index contributed by atoms with van der Waals surface area (Å²) in [5.74, 6) is -1.36. The summed E-state index contributed by atoms with van der Waals surface area (Å²) in [7, 11) is -4.55. The van der Waals surface area contributed by atoms with Gasteiger partial charge in [-0.25, -0.2) is 8.42 Å². The zero-order valence-electron chi connectivity index (χ0n) is 20.6. The van der Waals surface area contributed by atoms with E-state index in [1.807, 2.05) is 13.8 Å². The number of rotatable bonds is 8. The third kappa shape index (κ3) is 6.08. The number of aryl methyl sites for hydroxylation is 2. The van der Waals surface area contributed by atoms with E-state index in [9.17, 15) is 18.0 Å². The van der Waals surface area contributed by atoms with Crippen LogP contribution in [0.25, 0.3) is 12.2 Å². The molecule has 0 aromatic heterocycles. The highest BCUT2D eigenvalue weighted by Gasteiger charge is 2.34. The highest BCUT2D eigenvalue weighted by Crippen LogP contribution is 2.29. The minimum absolute atomic E-state index is 0.221. The second-order valence-electron chi connectivity index (χ2n) is 8.73. The quantitative estimate of drug-likeness (QED) is 0.193. The molecule has 37 heavy (non-hydrogen) atoms. The Morgan fingerprint density at radius 2 is 0.838 bits per heavy atom. The average Bonchev–Trinajstić information content (AvgIpc) is 2.91. The van der Waals surface area contributed by atoms with Crippen LogP contribution < -0.4 is 0 Å². The first kappa shape index (κ1) is 25.7. The third-order valence-corrected chi connectivity index (χ3v) is 7.61. The van der Waals surface area contributed by atoms with Gasteiger partial charge in [-0.3, -0.25) is 9.59 Å². The molecule has 0 heterocycles. The molecular formula is C32H26O4S. The van der Waals surface area contributed by atoms with Gasteiger partial charge in [0.15, 0.2) is 0 Å². The number of carbonyl (C=O) groups excluding carboxylic acids is 2. The molecule has 0 aliphatic rings. The van der Waals surface area contributed by atoms with E-state index in [0.717, 1.165) is 11.1 Å². The second-order valence-corrected chi connectivity index (χ2v) is 10.6. The summed E-state index contributed by atoms with van der Waals surface area (Å²) in [4.78, 5) is 26.4. The summed E-state index contributed by atoms with van der Waals surface area (Å²) in [5.41, 5.74) is 3.38. The standard InChI is InChI=1S/C32H26O4S/c1-23-13-17-27(18-14-23)31(33)29(21-25-9-5-3-6-10-25)37(35,36)30(22-26-11-7-4-8-12-26)32(34)28-19-15-24(2)16-20-28/h3-22H,1-2H3/b29-21+,30-22+. The van der Waals surface area contributed by atoms with Crippen molar-refractivity contribution in [2.24, 2.45) is 0 Å². The highest BCUT2D eigenvalue weighted by atomic mass is 32.2. The molecule has 0 spiro atoms. The maximum atomic E-state index is 14.2. The monoisotopic (exact) mass is 506 g/mol. The first-order chi connectivity index (χ1) is 17.8.